The molecule has 2 rings (SSSR count). The number of amides is 1. The highest BCUT2D eigenvalue weighted by atomic mass is 16.6. The minimum atomic E-state index is -0.700. The Labute approximate surface area is 105 Å². The minimum Gasteiger partial charge on any atom is -0.467 e. The molecular weight excluding hydrogens is 236 g/mol. The lowest BCUT2D eigenvalue weighted by molar-refractivity contribution is -0.158. The molecule has 1 fully saturated rings. The molecule has 1 unspecified atom stereocenters. The topological polar surface area (TPSA) is 68.7 Å². The zero-order chi connectivity index (χ0) is 13.0. The van der Waals surface area contributed by atoms with Crippen LogP contribution in [0.3, 0.4) is 0 Å². The van der Waals surface area contributed by atoms with Crippen molar-refractivity contribution in [2.24, 2.45) is 0 Å². The van der Waals surface area contributed by atoms with E-state index in [1.807, 2.05) is 0 Å². The fourth-order valence-corrected chi connectivity index (χ4v) is 1.78. The van der Waals surface area contributed by atoms with Crippen LogP contribution < -0.4 is 0 Å². The summed E-state index contributed by atoms with van der Waals surface area (Å²) in [7, 11) is 1.30. The molecule has 0 aromatic carbocycles. The van der Waals surface area contributed by atoms with Crippen LogP contribution in [-0.2, 0) is 14.3 Å². The third kappa shape index (κ3) is 2.65. The van der Waals surface area contributed by atoms with Crippen LogP contribution >= 0.6 is 0 Å². The van der Waals surface area contributed by atoms with Gasteiger partial charge in [-0.3, -0.25) is 9.78 Å². The van der Waals surface area contributed by atoms with E-state index in [0.717, 1.165) is 0 Å². The Morgan fingerprint density at radius 3 is 2.83 bits per heavy atom. The van der Waals surface area contributed by atoms with E-state index < -0.39 is 12.1 Å². The number of pyridine rings is 1. The summed E-state index contributed by atoms with van der Waals surface area (Å²) in [6.45, 7) is 1.01. The molecule has 1 aliphatic heterocycles. The van der Waals surface area contributed by atoms with E-state index in [0.29, 0.717) is 18.7 Å². The molecule has 0 bridgehead atoms. The monoisotopic (exact) mass is 250 g/mol. The number of hydrogen-bond donors (Lipinski definition) is 0. The second-order valence-electron chi connectivity index (χ2n) is 3.87. The smallest absolute Gasteiger partial charge is 0.336 e. The number of rotatable bonds is 2. The van der Waals surface area contributed by atoms with E-state index in [1.54, 1.807) is 29.4 Å². The number of esters is 1. The molecule has 96 valence electrons. The van der Waals surface area contributed by atoms with E-state index in [4.69, 9.17) is 4.74 Å². The molecule has 0 radical (unpaired) electrons. The molecule has 1 saturated heterocycles. The number of aromatic nitrogens is 1. The number of ether oxygens (including phenoxy) is 2. The number of carbonyl (C=O) groups is 2. The summed E-state index contributed by atoms with van der Waals surface area (Å²) in [6, 6.07) is 3.29. The highest BCUT2D eigenvalue weighted by Gasteiger charge is 2.30. The van der Waals surface area contributed by atoms with Crippen molar-refractivity contribution in [1.29, 1.82) is 0 Å². The molecule has 1 aromatic heterocycles. The van der Waals surface area contributed by atoms with Crippen LogP contribution in [0.5, 0.6) is 0 Å². The normalized spacial score (nSPS) is 19.4. The van der Waals surface area contributed by atoms with Gasteiger partial charge >= 0.3 is 5.97 Å². The summed E-state index contributed by atoms with van der Waals surface area (Å²) >= 11 is 0. The predicted octanol–water partition coefficient (Wildman–Crippen LogP) is 0.0956. The lowest BCUT2D eigenvalue weighted by atomic mass is 10.2. The van der Waals surface area contributed by atoms with Crippen molar-refractivity contribution in [3.05, 3.63) is 30.1 Å². The van der Waals surface area contributed by atoms with Gasteiger partial charge in [-0.1, -0.05) is 0 Å². The third-order valence-corrected chi connectivity index (χ3v) is 2.75. The lowest BCUT2D eigenvalue weighted by Crippen LogP contribution is -2.48. The van der Waals surface area contributed by atoms with E-state index in [9.17, 15) is 9.59 Å². The number of methoxy groups -OCH3 is 1. The fraction of sp³-hybridized carbons (Fsp3) is 0.417. The molecule has 1 aliphatic rings. The molecule has 2 heterocycles. The summed E-state index contributed by atoms with van der Waals surface area (Å²) in [6.07, 6.45) is 2.42. The van der Waals surface area contributed by atoms with Crippen LogP contribution in [0.25, 0.3) is 0 Å². The molecule has 0 spiro atoms. The average molecular weight is 250 g/mol. The van der Waals surface area contributed by atoms with Crippen molar-refractivity contribution in [1.82, 2.24) is 9.88 Å². The van der Waals surface area contributed by atoms with Gasteiger partial charge in [0.1, 0.15) is 0 Å². The first-order valence-electron chi connectivity index (χ1n) is 5.61. The van der Waals surface area contributed by atoms with Gasteiger partial charge in [0.25, 0.3) is 5.91 Å². The van der Waals surface area contributed by atoms with Crippen molar-refractivity contribution < 1.29 is 19.1 Å². The third-order valence-electron chi connectivity index (χ3n) is 2.75. The summed E-state index contributed by atoms with van der Waals surface area (Å²) in [5.74, 6) is -0.586. The zero-order valence-electron chi connectivity index (χ0n) is 10.0. The first-order valence-corrected chi connectivity index (χ1v) is 5.61. The summed E-state index contributed by atoms with van der Waals surface area (Å²) < 4.78 is 9.88. The van der Waals surface area contributed by atoms with Crippen LogP contribution in [0, 0.1) is 0 Å². The maximum atomic E-state index is 12.1. The highest BCUT2D eigenvalue weighted by Crippen LogP contribution is 2.11. The maximum Gasteiger partial charge on any atom is 0.336 e. The fourth-order valence-electron chi connectivity index (χ4n) is 1.78. The van der Waals surface area contributed by atoms with E-state index in [-0.39, 0.29) is 12.5 Å². The minimum absolute atomic E-state index is 0.130. The summed E-state index contributed by atoms with van der Waals surface area (Å²) in [5, 5.41) is 0. The van der Waals surface area contributed by atoms with Gasteiger partial charge in [0.2, 0.25) is 0 Å². The maximum absolute atomic E-state index is 12.1. The number of nitrogens with zero attached hydrogens (tertiary/aromatic N) is 2. The molecule has 0 saturated carbocycles. The Bertz CT molecular complexity index is 435. The lowest BCUT2D eigenvalue weighted by Gasteiger charge is -2.31. The Kier molecular flexibility index (Phi) is 3.88. The highest BCUT2D eigenvalue weighted by molar-refractivity contribution is 5.94. The van der Waals surface area contributed by atoms with Gasteiger partial charge < -0.3 is 14.4 Å². The molecule has 1 aromatic rings. The summed E-state index contributed by atoms with van der Waals surface area (Å²) in [5.41, 5.74) is 0.551. The Balaban J connectivity index is 2.05. The van der Waals surface area contributed by atoms with Gasteiger partial charge in [0, 0.05) is 24.5 Å². The van der Waals surface area contributed by atoms with Crippen molar-refractivity contribution in [2.75, 3.05) is 26.8 Å². The van der Waals surface area contributed by atoms with E-state index in [1.165, 1.54) is 7.11 Å². The van der Waals surface area contributed by atoms with Gasteiger partial charge in [-0.25, -0.2) is 4.79 Å². The van der Waals surface area contributed by atoms with Crippen molar-refractivity contribution in [2.45, 2.75) is 6.10 Å². The quantitative estimate of drug-likeness (QED) is 0.696. The molecule has 0 N–H and O–H groups in total. The van der Waals surface area contributed by atoms with Crippen LogP contribution in [0.15, 0.2) is 24.5 Å². The van der Waals surface area contributed by atoms with Gasteiger partial charge in [-0.2, -0.15) is 0 Å². The average Bonchev–Trinajstić information content (AvgIpc) is 2.46. The van der Waals surface area contributed by atoms with Gasteiger partial charge in [-0.15, -0.1) is 0 Å². The van der Waals surface area contributed by atoms with E-state index >= 15 is 0 Å². The van der Waals surface area contributed by atoms with Crippen LogP contribution in [0.1, 0.15) is 10.4 Å². The molecular formula is C12H14N2O4. The van der Waals surface area contributed by atoms with E-state index in [2.05, 4.69) is 9.72 Å². The van der Waals surface area contributed by atoms with Gasteiger partial charge in [0.15, 0.2) is 6.10 Å². The van der Waals surface area contributed by atoms with Gasteiger partial charge in [-0.05, 0) is 12.1 Å². The number of hydrogen-bond acceptors (Lipinski definition) is 5. The Morgan fingerprint density at radius 2 is 2.17 bits per heavy atom. The molecule has 18 heavy (non-hydrogen) atoms. The predicted molar refractivity (Wildman–Crippen MR) is 61.9 cm³/mol. The second-order valence-corrected chi connectivity index (χ2v) is 3.87. The Hall–Kier alpha value is -1.95. The molecule has 6 heteroatoms. The largest absolute Gasteiger partial charge is 0.467 e. The molecule has 1 atom stereocenters. The SMILES string of the molecule is COC(=O)C1CN(C(=O)c2ccncc2)CCO1. The Morgan fingerprint density at radius 1 is 1.44 bits per heavy atom. The number of carbonyl (C=O) groups excluding carboxylic acids is 2. The molecule has 0 aliphatic carbocycles. The van der Waals surface area contributed by atoms with Crippen LogP contribution in [0.2, 0.25) is 0 Å². The van der Waals surface area contributed by atoms with Crippen molar-refractivity contribution in [3.8, 4) is 0 Å². The molecule has 1 amide bonds. The van der Waals surface area contributed by atoms with Crippen molar-refractivity contribution in [3.63, 3.8) is 0 Å². The standard InChI is InChI=1S/C12H14N2O4/c1-17-12(16)10-8-14(6-7-18-10)11(15)9-2-4-13-5-3-9/h2-5,10H,6-8H2,1H3. The van der Waals surface area contributed by atoms with Crippen molar-refractivity contribution >= 4 is 11.9 Å². The first-order chi connectivity index (χ1) is 8.72. The second kappa shape index (κ2) is 5.59. The van der Waals surface area contributed by atoms with Gasteiger partial charge in [0.05, 0.1) is 20.3 Å². The molecule has 6 nitrogen and oxygen atoms in total. The number of morpholine rings is 1. The van der Waals surface area contributed by atoms with Crippen LogP contribution in [-0.4, -0.2) is 54.7 Å². The van der Waals surface area contributed by atoms with Crippen LogP contribution in [0.4, 0.5) is 0 Å². The summed E-state index contributed by atoms with van der Waals surface area (Å²) in [4.78, 5) is 29.0. The zero-order valence-corrected chi connectivity index (χ0v) is 10.0. The first kappa shape index (κ1) is 12.5.